The van der Waals surface area contributed by atoms with Gasteiger partial charge in [0.05, 0.1) is 29.3 Å². The van der Waals surface area contributed by atoms with Gasteiger partial charge in [-0.1, -0.05) is 36.4 Å². The molecule has 0 radical (unpaired) electrons. The van der Waals surface area contributed by atoms with E-state index in [0.717, 1.165) is 25.0 Å². The number of alkyl halides is 1. The van der Waals surface area contributed by atoms with Crippen molar-refractivity contribution in [3.05, 3.63) is 0 Å². The summed E-state index contributed by atoms with van der Waals surface area (Å²) in [6, 6.07) is 0. The summed E-state index contributed by atoms with van der Waals surface area (Å²) in [5.74, 6) is 1.69. The predicted molar refractivity (Wildman–Crippen MR) is 69.5 cm³/mol. The third-order valence-electron chi connectivity index (χ3n) is 3.88. The highest BCUT2D eigenvalue weighted by atomic mass is 127. The summed E-state index contributed by atoms with van der Waals surface area (Å²) < 4.78 is 12.1. The van der Waals surface area contributed by atoms with Crippen LogP contribution in [0.3, 0.4) is 0 Å². The van der Waals surface area contributed by atoms with Crippen molar-refractivity contribution >= 4 is 22.6 Å². The first-order valence-electron chi connectivity index (χ1n) is 6.04. The Labute approximate surface area is 106 Å². The van der Waals surface area contributed by atoms with E-state index in [2.05, 4.69) is 36.4 Å². The molecule has 1 saturated heterocycles. The zero-order valence-electron chi connectivity index (χ0n) is 9.62. The van der Waals surface area contributed by atoms with Crippen molar-refractivity contribution in [3.8, 4) is 0 Å². The molecule has 2 fully saturated rings. The lowest BCUT2D eigenvalue weighted by Gasteiger charge is -2.33. The number of ether oxygens (including phenoxy) is 2. The van der Waals surface area contributed by atoms with Crippen LogP contribution in [0.25, 0.3) is 0 Å². The maximum absolute atomic E-state index is 6.15. The average molecular weight is 324 g/mol. The van der Waals surface area contributed by atoms with Gasteiger partial charge in [-0.15, -0.1) is 0 Å². The Bertz CT molecular complexity index is 210. The summed E-state index contributed by atoms with van der Waals surface area (Å²) in [4.78, 5) is 0. The SMILES string of the molecule is CC1CCC(OC2COCC2I)CC1C. The van der Waals surface area contributed by atoms with Gasteiger partial charge < -0.3 is 9.47 Å². The van der Waals surface area contributed by atoms with Crippen molar-refractivity contribution in [1.82, 2.24) is 0 Å². The van der Waals surface area contributed by atoms with Gasteiger partial charge in [-0.3, -0.25) is 0 Å². The molecule has 5 unspecified atom stereocenters. The fraction of sp³-hybridized carbons (Fsp3) is 1.00. The number of hydrogen-bond donors (Lipinski definition) is 0. The molecule has 2 nitrogen and oxygen atoms in total. The van der Waals surface area contributed by atoms with Gasteiger partial charge in [0.25, 0.3) is 0 Å². The van der Waals surface area contributed by atoms with E-state index in [1.165, 1.54) is 19.3 Å². The highest BCUT2D eigenvalue weighted by Crippen LogP contribution is 2.32. The topological polar surface area (TPSA) is 18.5 Å². The molecule has 0 spiro atoms. The second-order valence-electron chi connectivity index (χ2n) is 5.12. The molecular weight excluding hydrogens is 303 g/mol. The Kier molecular flexibility index (Phi) is 4.30. The van der Waals surface area contributed by atoms with Crippen molar-refractivity contribution in [2.45, 2.75) is 49.2 Å². The maximum atomic E-state index is 6.15. The highest BCUT2D eigenvalue weighted by Gasteiger charge is 2.32. The van der Waals surface area contributed by atoms with E-state index in [1.54, 1.807) is 0 Å². The van der Waals surface area contributed by atoms with Crippen molar-refractivity contribution in [2.24, 2.45) is 11.8 Å². The van der Waals surface area contributed by atoms with Gasteiger partial charge in [-0.25, -0.2) is 0 Å². The summed E-state index contributed by atoms with van der Waals surface area (Å²) in [6.45, 7) is 6.38. The minimum Gasteiger partial charge on any atom is -0.378 e. The van der Waals surface area contributed by atoms with Crippen LogP contribution in [0.15, 0.2) is 0 Å². The van der Waals surface area contributed by atoms with Gasteiger partial charge in [0.1, 0.15) is 0 Å². The summed E-state index contributed by atoms with van der Waals surface area (Å²) in [5.41, 5.74) is 0. The molecule has 0 bridgehead atoms. The monoisotopic (exact) mass is 324 g/mol. The standard InChI is InChI=1S/C12H21IO2/c1-8-3-4-10(5-9(8)2)15-12-7-14-6-11(12)13/h8-12H,3-7H2,1-2H3. The molecule has 2 rings (SSSR count). The van der Waals surface area contributed by atoms with Gasteiger partial charge in [0, 0.05) is 0 Å². The van der Waals surface area contributed by atoms with E-state index in [-0.39, 0.29) is 0 Å². The van der Waals surface area contributed by atoms with Crippen LogP contribution < -0.4 is 0 Å². The molecule has 2 aliphatic rings. The Morgan fingerprint density at radius 2 is 1.93 bits per heavy atom. The molecule has 5 atom stereocenters. The van der Waals surface area contributed by atoms with Crippen LogP contribution in [0.4, 0.5) is 0 Å². The lowest BCUT2D eigenvalue weighted by molar-refractivity contribution is -0.0459. The molecule has 1 saturated carbocycles. The largest absolute Gasteiger partial charge is 0.378 e. The quantitative estimate of drug-likeness (QED) is 0.574. The molecule has 15 heavy (non-hydrogen) atoms. The highest BCUT2D eigenvalue weighted by molar-refractivity contribution is 14.1. The smallest absolute Gasteiger partial charge is 0.0951 e. The molecule has 1 aliphatic carbocycles. The third-order valence-corrected chi connectivity index (χ3v) is 5.04. The van der Waals surface area contributed by atoms with Gasteiger partial charge in [0.2, 0.25) is 0 Å². The summed E-state index contributed by atoms with van der Waals surface area (Å²) in [7, 11) is 0. The Hall–Kier alpha value is 0.650. The van der Waals surface area contributed by atoms with Gasteiger partial charge in [-0.05, 0) is 31.1 Å². The van der Waals surface area contributed by atoms with E-state index < -0.39 is 0 Å². The fourth-order valence-corrected chi connectivity index (χ4v) is 3.13. The third kappa shape index (κ3) is 3.07. The molecular formula is C12H21IO2. The van der Waals surface area contributed by atoms with Crippen molar-refractivity contribution in [2.75, 3.05) is 13.2 Å². The second kappa shape index (κ2) is 5.32. The normalized spacial score (nSPS) is 47.0. The van der Waals surface area contributed by atoms with E-state index in [1.807, 2.05) is 0 Å². The first-order valence-corrected chi connectivity index (χ1v) is 7.28. The van der Waals surface area contributed by atoms with E-state index in [0.29, 0.717) is 16.1 Å². The van der Waals surface area contributed by atoms with E-state index in [9.17, 15) is 0 Å². The second-order valence-corrected chi connectivity index (χ2v) is 6.72. The summed E-state index contributed by atoms with van der Waals surface area (Å²) in [6.07, 6.45) is 4.63. The molecule has 3 heteroatoms. The first-order chi connectivity index (χ1) is 7.16. The molecule has 1 heterocycles. The van der Waals surface area contributed by atoms with Crippen molar-refractivity contribution in [1.29, 1.82) is 0 Å². The lowest BCUT2D eigenvalue weighted by atomic mass is 9.80. The maximum Gasteiger partial charge on any atom is 0.0951 e. The molecule has 0 aromatic rings. The minimum atomic E-state index is 0.344. The van der Waals surface area contributed by atoms with Crippen LogP contribution in [0.5, 0.6) is 0 Å². The summed E-state index contributed by atoms with van der Waals surface area (Å²) >= 11 is 2.45. The molecule has 1 aliphatic heterocycles. The number of hydrogen-bond acceptors (Lipinski definition) is 2. The van der Waals surface area contributed by atoms with Crippen LogP contribution in [-0.2, 0) is 9.47 Å². The minimum absolute atomic E-state index is 0.344. The van der Waals surface area contributed by atoms with Crippen molar-refractivity contribution < 1.29 is 9.47 Å². The zero-order valence-corrected chi connectivity index (χ0v) is 11.8. The predicted octanol–water partition coefficient (Wildman–Crippen LogP) is 3.03. The van der Waals surface area contributed by atoms with E-state index in [4.69, 9.17) is 9.47 Å². The molecule has 0 aromatic heterocycles. The molecule has 0 N–H and O–H groups in total. The van der Waals surface area contributed by atoms with Gasteiger partial charge >= 0.3 is 0 Å². The van der Waals surface area contributed by atoms with Crippen LogP contribution in [0.1, 0.15) is 33.1 Å². The van der Waals surface area contributed by atoms with Crippen LogP contribution >= 0.6 is 22.6 Å². The van der Waals surface area contributed by atoms with Gasteiger partial charge in [-0.2, -0.15) is 0 Å². The Morgan fingerprint density at radius 1 is 1.13 bits per heavy atom. The average Bonchev–Trinajstić information content (AvgIpc) is 2.59. The molecule has 88 valence electrons. The Balaban J connectivity index is 1.80. The van der Waals surface area contributed by atoms with Crippen LogP contribution in [-0.4, -0.2) is 29.3 Å². The number of rotatable bonds is 2. The lowest BCUT2D eigenvalue weighted by Crippen LogP contribution is -2.33. The summed E-state index contributed by atoms with van der Waals surface area (Å²) in [5, 5.41) is 0. The molecule has 0 aromatic carbocycles. The van der Waals surface area contributed by atoms with Crippen LogP contribution in [0, 0.1) is 11.8 Å². The van der Waals surface area contributed by atoms with Crippen molar-refractivity contribution in [3.63, 3.8) is 0 Å². The fourth-order valence-electron chi connectivity index (χ4n) is 2.50. The van der Waals surface area contributed by atoms with E-state index >= 15 is 0 Å². The zero-order chi connectivity index (χ0) is 10.8. The number of halogens is 1. The Morgan fingerprint density at radius 3 is 2.53 bits per heavy atom. The van der Waals surface area contributed by atoms with Crippen LogP contribution in [0.2, 0.25) is 0 Å². The molecule has 0 amide bonds. The first kappa shape index (κ1) is 12.1. The van der Waals surface area contributed by atoms with Gasteiger partial charge in [0.15, 0.2) is 0 Å².